The highest BCUT2D eigenvalue weighted by molar-refractivity contribution is 5.79. The van der Waals surface area contributed by atoms with Crippen LogP contribution in [0, 0.1) is 0 Å². The molecule has 1 amide bonds. The Kier molecular flexibility index (Phi) is 5.46. The number of carbonyl (C=O) groups excluding carboxylic acids is 1. The van der Waals surface area contributed by atoms with E-state index in [1.807, 2.05) is 25.1 Å². The Morgan fingerprint density at radius 2 is 1.96 bits per heavy atom. The van der Waals surface area contributed by atoms with Gasteiger partial charge in [-0.3, -0.25) is 4.79 Å². The zero-order valence-electron chi connectivity index (χ0n) is 13.5. The Morgan fingerprint density at radius 1 is 1.17 bits per heavy atom. The van der Waals surface area contributed by atoms with Gasteiger partial charge in [-0.05, 0) is 42.8 Å². The van der Waals surface area contributed by atoms with Gasteiger partial charge in [-0.2, -0.15) is 0 Å². The van der Waals surface area contributed by atoms with Crippen molar-refractivity contribution < 1.29 is 19.4 Å². The van der Waals surface area contributed by atoms with Crippen LogP contribution in [0.15, 0.2) is 42.5 Å². The maximum absolute atomic E-state index is 12.2. The summed E-state index contributed by atoms with van der Waals surface area (Å²) < 4.78 is 10.6. The molecular formula is C18H21NO4. The van der Waals surface area contributed by atoms with Gasteiger partial charge in [-0.25, -0.2) is 0 Å². The molecule has 0 fully saturated rings. The molecule has 0 saturated heterocycles. The van der Waals surface area contributed by atoms with Crippen molar-refractivity contribution in [2.75, 3.05) is 14.2 Å². The van der Waals surface area contributed by atoms with Crippen molar-refractivity contribution in [3.8, 4) is 17.2 Å². The number of carbonyl (C=O) groups is 1. The normalized spacial score (nSPS) is 11.6. The van der Waals surface area contributed by atoms with Crippen molar-refractivity contribution in [1.82, 2.24) is 5.32 Å². The molecule has 0 aliphatic rings. The van der Waals surface area contributed by atoms with Gasteiger partial charge >= 0.3 is 0 Å². The van der Waals surface area contributed by atoms with Crippen LogP contribution in [0.4, 0.5) is 0 Å². The second-order valence-electron chi connectivity index (χ2n) is 5.24. The van der Waals surface area contributed by atoms with Crippen molar-refractivity contribution in [2.24, 2.45) is 0 Å². The minimum absolute atomic E-state index is 0.132. The highest BCUT2D eigenvalue weighted by atomic mass is 16.5. The van der Waals surface area contributed by atoms with Crippen LogP contribution in [0.5, 0.6) is 17.2 Å². The van der Waals surface area contributed by atoms with Crippen molar-refractivity contribution in [3.63, 3.8) is 0 Å². The summed E-state index contributed by atoms with van der Waals surface area (Å²) in [5.74, 6) is 1.41. The first-order chi connectivity index (χ1) is 11.0. The molecule has 0 unspecified atom stereocenters. The van der Waals surface area contributed by atoms with Gasteiger partial charge < -0.3 is 19.9 Å². The van der Waals surface area contributed by atoms with Crippen LogP contribution in [0.1, 0.15) is 24.1 Å². The monoisotopic (exact) mass is 315 g/mol. The Bertz CT molecular complexity index is 684. The lowest BCUT2D eigenvalue weighted by molar-refractivity contribution is -0.121. The van der Waals surface area contributed by atoms with Crippen LogP contribution >= 0.6 is 0 Å². The zero-order chi connectivity index (χ0) is 16.8. The second-order valence-corrected chi connectivity index (χ2v) is 5.24. The summed E-state index contributed by atoms with van der Waals surface area (Å²) >= 11 is 0. The SMILES string of the molecule is COc1ccc(OC)c([C@@H](C)NC(=O)Cc2cccc(O)c2)c1. The van der Waals surface area contributed by atoms with Gasteiger partial charge in [0.25, 0.3) is 0 Å². The minimum atomic E-state index is -0.232. The van der Waals surface area contributed by atoms with Gasteiger partial charge in [0, 0.05) is 5.56 Å². The van der Waals surface area contributed by atoms with Gasteiger partial charge in [0.2, 0.25) is 5.91 Å². The van der Waals surface area contributed by atoms with E-state index >= 15 is 0 Å². The number of nitrogens with one attached hydrogen (secondary N) is 1. The van der Waals surface area contributed by atoms with E-state index in [0.717, 1.165) is 11.1 Å². The van der Waals surface area contributed by atoms with Crippen LogP contribution in [0.2, 0.25) is 0 Å². The van der Waals surface area contributed by atoms with E-state index in [4.69, 9.17) is 9.47 Å². The third kappa shape index (κ3) is 4.39. The summed E-state index contributed by atoms with van der Waals surface area (Å²) in [4.78, 5) is 12.2. The molecule has 0 aliphatic heterocycles. The molecule has 2 aromatic rings. The van der Waals surface area contributed by atoms with Gasteiger partial charge in [0.15, 0.2) is 0 Å². The molecule has 0 aliphatic carbocycles. The molecule has 122 valence electrons. The van der Waals surface area contributed by atoms with Crippen LogP contribution in [0.3, 0.4) is 0 Å². The van der Waals surface area contributed by atoms with Crippen molar-refractivity contribution in [1.29, 1.82) is 0 Å². The quantitative estimate of drug-likeness (QED) is 0.860. The predicted octanol–water partition coefficient (Wildman–Crippen LogP) is 2.83. The first-order valence-corrected chi connectivity index (χ1v) is 7.32. The number of ether oxygens (including phenoxy) is 2. The number of rotatable bonds is 6. The number of benzene rings is 2. The maximum Gasteiger partial charge on any atom is 0.224 e. The summed E-state index contributed by atoms with van der Waals surface area (Å²) in [6, 6.07) is 11.9. The first kappa shape index (κ1) is 16.7. The zero-order valence-corrected chi connectivity index (χ0v) is 13.5. The lowest BCUT2D eigenvalue weighted by Gasteiger charge is -2.18. The van der Waals surface area contributed by atoms with Gasteiger partial charge in [-0.1, -0.05) is 12.1 Å². The number of hydrogen-bond donors (Lipinski definition) is 2. The molecular weight excluding hydrogens is 294 g/mol. The molecule has 2 N–H and O–H groups in total. The van der Waals surface area contributed by atoms with Crippen molar-refractivity contribution >= 4 is 5.91 Å². The fourth-order valence-electron chi connectivity index (χ4n) is 2.40. The largest absolute Gasteiger partial charge is 0.508 e. The van der Waals surface area contributed by atoms with Crippen LogP contribution in [-0.4, -0.2) is 25.2 Å². The smallest absolute Gasteiger partial charge is 0.224 e. The molecule has 23 heavy (non-hydrogen) atoms. The van der Waals surface area contributed by atoms with Gasteiger partial charge in [-0.15, -0.1) is 0 Å². The van der Waals surface area contributed by atoms with Crippen molar-refractivity contribution in [2.45, 2.75) is 19.4 Å². The summed E-state index contributed by atoms with van der Waals surface area (Å²) in [6.45, 7) is 1.89. The fraction of sp³-hybridized carbons (Fsp3) is 0.278. The summed E-state index contributed by atoms with van der Waals surface area (Å²) in [5, 5.41) is 12.4. The average Bonchev–Trinajstić information content (AvgIpc) is 2.54. The summed E-state index contributed by atoms with van der Waals surface area (Å²) in [7, 11) is 3.18. The first-order valence-electron chi connectivity index (χ1n) is 7.32. The van der Waals surface area contributed by atoms with E-state index in [1.54, 1.807) is 38.5 Å². The second kappa shape index (κ2) is 7.54. The lowest BCUT2D eigenvalue weighted by atomic mass is 10.1. The number of hydrogen-bond acceptors (Lipinski definition) is 4. The van der Waals surface area contributed by atoms with Crippen molar-refractivity contribution in [3.05, 3.63) is 53.6 Å². The number of phenolic OH excluding ortho intramolecular Hbond substituents is 1. The Balaban J connectivity index is 2.09. The lowest BCUT2D eigenvalue weighted by Crippen LogP contribution is -2.28. The van der Waals surface area contributed by atoms with Crippen LogP contribution in [-0.2, 0) is 11.2 Å². The molecule has 2 aromatic carbocycles. The highest BCUT2D eigenvalue weighted by Gasteiger charge is 2.15. The highest BCUT2D eigenvalue weighted by Crippen LogP contribution is 2.29. The summed E-state index contributed by atoms with van der Waals surface area (Å²) in [5.41, 5.74) is 1.60. The van der Waals surface area contributed by atoms with Gasteiger partial charge in [0.05, 0.1) is 26.7 Å². The van der Waals surface area contributed by atoms with E-state index < -0.39 is 0 Å². The maximum atomic E-state index is 12.2. The third-order valence-electron chi connectivity index (χ3n) is 3.56. The molecule has 0 spiro atoms. The Morgan fingerprint density at radius 3 is 2.61 bits per heavy atom. The topological polar surface area (TPSA) is 67.8 Å². The molecule has 0 radical (unpaired) electrons. The number of aromatic hydroxyl groups is 1. The molecule has 1 atom stereocenters. The Hall–Kier alpha value is -2.69. The number of methoxy groups -OCH3 is 2. The average molecular weight is 315 g/mol. The van der Waals surface area contributed by atoms with E-state index in [2.05, 4.69) is 5.32 Å². The number of phenols is 1. The molecule has 2 rings (SSSR count). The third-order valence-corrected chi connectivity index (χ3v) is 3.56. The van der Waals surface area contributed by atoms with Crippen LogP contribution < -0.4 is 14.8 Å². The number of amides is 1. The van der Waals surface area contributed by atoms with E-state index in [-0.39, 0.29) is 24.1 Å². The standard InChI is InChI=1S/C18H21NO4/c1-12(16-11-15(22-2)7-8-17(16)23-3)19-18(21)10-13-5-4-6-14(20)9-13/h4-9,11-12,20H,10H2,1-3H3,(H,19,21)/t12-/m1/s1. The molecule has 0 heterocycles. The molecule has 0 saturated carbocycles. The molecule has 0 bridgehead atoms. The van der Waals surface area contributed by atoms with Gasteiger partial charge in [0.1, 0.15) is 17.2 Å². The Labute approximate surface area is 135 Å². The molecule has 0 aromatic heterocycles. The van der Waals surface area contributed by atoms with E-state index in [1.165, 1.54) is 0 Å². The summed E-state index contributed by atoms with van der Waals surface area (Å²) in [6.07, 6.45) is 0.199. The van der Waals surface area contributed by atoms with E-state index in [0.29, 0.717) is 11.5 Å². The fourth-order valence-corrected chi connectivity index (χ4v) is 2.40. The molecule has 5 nitrogen and oxygen atoms in total. The van der Waals surface area contributed by atoms with Crippen LogP contribution in [0.25, 0.3) is 0 Å². The minimum Gasteiger partial charge on any atom is -0.508 e. The predicted molar refractivity (Wildman–Crippen MR) is 87.9 cm³/mol. The van der Waals surface area contributed by atoms with E-state index in [9.17, 15) is 9.90 Å². The molecule has 5 heteroatoms.